The molecule has 0 spiro atoms. The van der Waals surface area contributed by atoms with Gasteiger partial charge in [0.15, 0.2) is 0 Å². The lowest BCUT2D eigenvalue weighted by molar-refractivity contribution is -0.121. The van der Waals surface area contributed by atoms with Crippen molar-refractivity contribution in [3.8, 4) is 0 Å². The molecule has 0 aromatic carbocycles. The van der Waals surface area contributed by atoms with Gasteiger partial charge in [0.05, 0.1) is 18.4 Å². The molecule has 2 aliphatic rings. The van der Waals surface area contributed by atoms with Gasteiger partial charge in [0, 0.05) is 25.0 Å². The first kappa shape index (κ1) is 15.7. The molecule has 7 nitrogen and oxygen atoms in total. The minimum Gasteiger partial charge on any atom is -0.353 e. The minimum absolute atomic E-state index is 0.00968. The van der Waals surface area contributed by atoms with Crippen LogP contribution in [0.25, 0.3) is 0 Å². The molecule has 2 atom stereocenters. The van der Waals surface area contributed by atoms with Gasteiger partial charge in [-0.15, -0.1) is 0 Å². The predicted molar refractivity (Wildman–Crippen MR) is 88.3 cm³/mol. The van der Waals surface area contributed by atoms with E-state index in [1.807, 2.05) is 17.0 Å². The molecule has 0 aliphatic carbocycles. The predicted octanol–water partition coefficient (Wildman–Crippen LogP) is 0.344. The van der Waals surface area contributed by atoms with Gasteiger partial charge >= 0.3 is 0 Å². The number of hydrogen-bond donors (Lipinski definition) is 3. The second-order valence-corrected chi connectivity index (χ2v) is 6.24. The number of carbonyl (C=O) groups excluding carboxylic acids is 2. The molecule has 7 heteroatoms. The van der Waals surface area contributed by atoms with E-state index >= 15 is 0 Å². The Balaban J connectivity index is 1.58. The zero-order valence-corrected chi connectivity index (χ0v) is 13.3. The van der Waals surface area contributed by atoms with E-state index in [0.29, 0.717) is 24.8 Å². The van der Waals surface area contributed by atoms with Crippen molar-refractivity contribution >= 4 is 23.3 Å². The van der Waals surface area contributed by atoms with Crippen molar-refractivity contribution in [2.75, 3.05) is 36.4 Å². The summed E-state index contributed by atoms with van der Waals surface area (Å²) in [5, 5.41) is 9.08. The van der Waals surface area contributed by atoms with E-state index in [9.17, 15) is 9.59 Å². The van der Waals surface area contributed by atoms with Gasteiger partial charge < -0.3 is 20.9 Å². The van der Waals surface area contributed by atoms with E-state index in [-0.39, 0.29) is 17.7 Å². The maximum absolute atomic E-state index is 12.3. The molecule has 124 valence electrons. The summed E-state index contributed by atoms with van der Waals surface area (Å²) < 4.78 is 0. The number of rotatable bonds is 3. The lowest BCUT2D eigenvalue weighted by Gasteiger charge is -2.28. The number of amides is 2. The van der Waals surface area contributed by atoms with Gasteiger partial charge in [0.25, 0.3) is 0 Å². The summed E-state index contributed by atoms with van der Waals surface area (Å²) in [4.78, 5) is 30.0. The minimum atomic E-state index is 0.00968. The highest BCUT2D eigenvalue weighted by Crippen LogP contribution is 2.20. The van der Waals surface area contributed by atoms with Gasteiger partial charge in [-0.2, -0.15) is 0 Å². The zero-order valence-electron chi connectivity index (χ0n) is 13.3. The third-order valence-electron chi connectivity index (χ3n) is 4.37. The molecule has 1 aromatic heterocycles. The summed E-state index contributed by atoms with van der Waals surface area (Å²) in [6.45, 7) is 4.69. The summed E-state index contributed by atoms with van der Waals surface area (Å²) in [5.74, 6) is 0.880. The van der Waals surface area contributed by atoms with Crippen LogP contribution in [0.15, 0.2) is 18.3 Å². The number of pyridine rings is 1. The molecule has 3 rings (SSSR count). The second-order valence-electron chi connectivity index (χ2n) is 6.24. The molecule has 2 fully saturated rings. The lowest BCUT2D eigenvalue weighted by atomic mass is 9.92. The number of piperidine rings is 1. The normalized spacial score (nSPS) is 24.9. The average Bonchev–Trinajstić information content (AvgIpc) is 2.55. The van der Waals surface area contributed by atoms with E-state index < -0.39 is 0 Å². The molecular formula is C16H23N5O2. The van der Waals surface area contributed by atoms with Crippen molar-refractivity contribution in [1.82, 2.24) is 15.6 Å². The number of piperazine rings is 1. The van der Waals surface area contributed by atoms with Crippen molar-refractivity contribution in [3.05, 3.63) is 18.3 Å². The second kappa shape index (κ2) is 6.95. The highest BCUT2D eigenvalue weighted by Gasteiger charge is 2.25. The van der Waals surface area contributed by atoms with E-state index in [1.165, 1.54) is 0 Å². The Kier molecular flexibility index (Phi) is 4.76. The standard InChI is InChI=1S/C16H23N5O2/c1-11-8-12(4-5-17-11)16(23)20-13-2-3-14(19-9-13)21-7-6-18-15(22)10-21/h2-3,9,11-12,17H,4-8,10H2,1H3,(H,18,22)(H,20,23)/t11-,12-/m0/s1. The molecule has 0 radical (unpaired) electrons. The number of anilines is 2. The fraction of sp³-hybridized carbons (Fsp3) is 0.562. The first-order valence-electron chi connectivity index (χ1n) is 8.14. The Morgan fingerprint density at radius 3 is 2.96 bits per heavy atom. The summed E-state index contributed by atoms with van der Waals surface area (Å²) in [6, 6.07) is 4.07. The number of nitrogens with one attached hydrogen (secondary N) is 3. The summed E-state index contributed by atoms with van der Waals surface area (Å²) in [6.07, 6.45) is 3.38. The lowest BCUT2D eigenvalue weighted by Crippen LogP contribution is -2.48. The zero-order chi connectivity index (χ0) is 16.2. The van der Waals surface area contributed by atoms with Crippen molar-refractivity contribution in [2.24, 2.45) is 5.92 Å². The van der Waals surface area contributed by atoms with Crippen LogP contribution in [0.1, 0.15) is 19.8 Å². The van der Waals surface area contributed by atoms with E-state index in [1.54, 1.807) is 6.20 Å². The number of hydrogen-bond acceptors (Lipinski definition) is 5. The van der Waals surface area contributed by atoms with Crippen molar-refractivity contribution in [1.29, 1.82) is 0 Å². The van der Waals surface area contributed by atoms with Crippen LogP contribution in [-0.4, -0.2) is 49.0 Å². The van der Waals surface area contributed by atoms with Crippen LogP contribution >= 0.6 is 0 Å². The summed E-state index contributed by atoms with van der Waals surface area (Å²) in [7, 11) is 0. The number of aromatic nitrogens is 1. The van der Waals surface area contributed by atoms with Gasteiger partial charge in [0.1, 0.15) is 5.82 Å². The van der Waals surface area contributed by atoms with Gasteiger partial charge in [-0.3, -0.25) is 9.59 Å². The molecular weight excluding hydrogens is 294 g/mol. The SMILES string of the molecule is C[C@H]1C[C@@H](C(=O)Nc2ccc(N3CCNC(=O)C3)nc2)CCN1. The van der Waals surface area contributed by atoms with E-state index in [0.717, 1.165) is 31.7 Å². The molecule has 1 aromatic rings. The van der Waals surface area contributed by atoms with Crippen LogP contribution in [0.4, 0.5) is 11.5 Å². The summed E-state index contributed by atoms with van der Waals surface area (Å²) >= 11 is 0. The average molecular weight is 317 g/mol. The van der Waals surface area contributed by atoms with Gasteiger partial charge in [-0.1, -0.05) is 0 Å². The molecule has 2 aliphatic heterocycles. The largest absolute Gasteiger partial charge is 0.353 e. The van der Waals surface area contributed by atoms with E-state index in [4.69, 9.17) is 0 Å². The van der Waals surface area contributed by atoms with Gasteiger partial charge in [-0.05, 0) is 38.4 Å². The van der Waals surface area contributed by atoms with Crippen LogP contribution in [0.2, 0.25) is 0 Å². The highest BCUT2D eigenvalue weighted by molar-refractivity contribution is 5.92. The molecule has 3 heterocycles. The topological polar surface area (TPSA) is 86.4 Å². The number of nitrogens with zero attached hydrogens (tertiary/aromatic N) is 2. The monoisotopic (exact) mass is 317 g/mol. The molecule has 0 unspecified atom stereocenters. The molecule has 23 heavy (non-hydrogen) atoms. The quantitative estimate of drug-likeness (QED) is 0.749. The highest BCUT2D eigenvalue weighted by atomic mass is 16.2. The van der Waals surface area contributed by atoms with Crippen LogP contribution in [0.3, 0.4) is 0 Å². The Morgan fingerprint density at radius 1 is 1.39 bits per heavy atom. The first-order chi connectivity index (χ1) is 11.1. The van der Waals surface area contributed by atoms with Gasteiger partial charge in [-0.25, -0.2) is 4.98 Å². The fourth-order valence-corrected chi connectivity index (χ4v) is 3.10. The smallest absolute Gasteiger partial charge is 0.239 e. The van der Waals surface area contributed by atoms with Crippen molar-refractivity contribution in [3.63, 3.8) is 0 Å². The fourth-order valence-electron chi connectivity index (χ4n) is 3.10. The molecule has 2 amide bonds. The third-order valence-corrected chi connectivity index (χ3v) is 4.37. The Hall–Kier alpha value is -2.15. The molecule has 2 saturated heterocycles. The maximum atomic E-state index is 12.3. The van der Waals surface area contributed by atoms with Crippen LogP contribution < -0.4 is 20.9 Å². The Bertz CT molecular complexity index is 574. The van der Waals surface area contributed by atoms with Crippen molar-refractivity contribution < 1.29 is 9.59 Å². The van der Waals surface area contributed by atoms with Gasteiger partial charge in [0.2, 0.25) is 11.8 Å². The van der Waals surface area contributed by atoms with Crippen LogP contribution in [0.5, 0.6) is 0 Å². The Morgan fingerprint density at radius 2 is 2.26 bits per heavy atom. The Labute approximate surface area is 135 Å². The molecule has 0 bridgehead atoms. The molecule has 3 N–H and O–H groups in total. The van der Waals surface area contributed by atoms with Crippen LogP contribution in [0, 0.1) is 5.92 Å². The van der Waals surface area contributed by atoms with Crippen molar-refractivity contribution in [2.45, 2.75) is 25.8 Å². The van der Waals surface area contributed by atoms with E-state index in [2.05, 4.69) is 27.9 Å². The molecule has 0 saturated carbocycles. The third kappa shape index (κ3) is 3.98. The maximum Gasteiger partial charge on any atom is 0.239 e. The summed E-state index contributed by atoms with van der Waals surface area (Å²) in [5.41, 5.74) is 0.700. The van der Waals surface area contributed by atoms with Crippen LogP contribution in [-0.2, 0) is 9.59 Å². The number of carbonyl (C=O) groups is 2. The first-order valence-corrected chi connectivity index (χ1v) is 8.14.